The number of amides is 1. The van der Waals surface area contributed by atoms with Gasteiger partial charge in [0.25, 0.3) is 0 Å². The minimum absolute atomic E-state index is 0.0428. The zero-order valence-electron chi connectivity index (χ0n) is 15.0. The average molecular weight is 386 g/mol. The average Bonchev–Trinajstić information content (AvgIpc) is 2.73. The lowest BCUT2D eigenvalue weighted by Gasteiger charge is -2.36. The third kappa shape index (κ3) is 3.57. The number of nitrogens with zero attached hydrogens (tertiary/aromatic N) is 2. The molecule has 1 amide bonds. The molecule has 0 aliphatic carbocycles. The molecule has 0 N–H and O–H groups in total. The Kier molecular flexibility index (Phi) is 4.88. The Balaban J connectivity index is 1.39. The Morgan fingerprint density at radius 2 is 1.59 bits per heavy atom. The van der Waals surface area contributed by atoms with E-state index >= 15 is 0 Å². The van der Waals surface area contributed by atoms with Crippen LogP contribution in [-0.2, 0) is 21.2 Å². The number of hydrogen-bond acceptors (Lipinski definition) is 4. The van der Waals surface area contributed by atoms with Gasteiger partial charge in [-0.25, -0.2) is 8.42 Å². The highest BCUT2D eigenvalue weighted by Crippen LogP contribution is 2.28. The van der Waals surface area contributed by atoms with Crippen LogP contribution in [0.15, 0.2) is 59.5 Å². The van der Waals surface area contributed by atoms with Crippen molar-refractivity contribution in [3.8, 4) is 5.75 Å². The van der Waals surface area contributed by atoms with Gasteiger partial charge in [-0.15, -0.1) is 0 Å². The summed E-state index contributed by atoms with van der Waals surface area (Å²) in [5.41, 5.74) is 1.05. The van der Waals surface area contributed by atoms with E-state index in [-0.39, 0.29) is 11.8 Å². The fourth-order valence-electron chi connectivity index (χ4n) is 3.64. The van der Waals surface area contributed by atoms with Crippen LogP contribution in [-0.4, -0.2) is 56.3 Å². The Hall–Kier alpha value is -2.38. The first-order valence-electron chi connectivity index (χ1n) is 9.10. The second-order valence-electron chi connectivity index (χ2n) is 6.86. The fraction of sp³-hybridized carbons (Fsp3) is 0.350. The van der Waals surface area contributed by atoms with Gasteiger partial charge in [-0.2, -0.15) is 4.31 Å². The molecule has 1 saturated heterocycles. The molecule has 0 radical (unpaired) electrons. The van der Waals surface area contributed by atoms with E-state index in [1.165, 1.54) is 4.31 Å². The van der Waals surface area contributed by atoms with Crippen molar-refractivity contribution in [3.63, 3.8) is 0 Å². The van der Waals surface area contributed by atoms with E-state index in [0.717, 1.165) is 11.3 Å². The number of ether oxygens (including phenoxy) is 1. The molecule has 2 aliphatic heterocycles. The quantitative estimate of drug-likeness (QED) is 0.806. The van der Waals surface area contributed by atoms with Crippen molar-refractivity contribution in [2.24, 2.45) is 5.92 Å². The van der Waals surface area contributed by atoms with Crippen molar-refractivity contribution in [2.75, 3.05) is 32.8 Å². The third-order valence-corrected chi connectivity index (χ3v) is 7.07. The number of fused-ring (bicyclic) bond motifs is 1. The van der Waals surface area contributed by atoms with Crippen molar-refractivity contribution < 1.29 is 17.9 Å². The smallest absolute Gasteiger partial charge is 0.243 e. The summed E-state index contributed by atoms with van der Waals surface area (Å²) in [5, 5.41) is 0. The maximum absolute atomic E-state index is 12.9. The van der Waals surface area contributed by atoms with Gasteiger partial charge in [-0.3, -0.25) is 4.79 Å². The molecule has 2 aromatic rings. The van der Waals surface area contributed by atoms with E-state index in [1.54, 1.807) is 35.2 Å². The van der Waals surface area contributed by atoms with Gasteiger partial charge >= 0.3 is 0 Å². The predicted octanol–water partition coefficient (Wildman–Crippen LogP) is 1.77. The van der Waals surface area contributed by atoms with Gasteiger partial charge < -0.3 is 9.64 Å². The summed E-state index contributed by atoms with van der Waals surface area (Å²) in [6.07, 6.45) is 0.664. The van der Waals surface area contributed by atoms with Crippen molar-refractivity contribution in [1.82, 2.24) is 9.21 Å². The first-order valence-corrected chi connectivity index (χ1v) is 10.5. The number of rotatable bonds is 3. The summed E-state index contributed by atoms with van der Waals surface area (Å²) in [6.45, 7) is 1.81. The summed E-state index contributed by atoms with van der Waals surface area (Å²) < 4.78 is 32.6. The Bertz CT molecular complexity index is 922. The van der Waals surface area contributed by atoms with Crippen LogP contribution >= 0.6 is 0 Å². The van der Waals surface area contributed by atoms with Crippen molar-refractivity contribution >= 4 is 15.9 Å². The zero-order chi connectivity index (χ0) is 18.9. The summed E-state index contributed by atoms with van der Waals surface area (Å²) >= 11 is 0. The number of para-hydroxylation sites is 1. The molecule has 142 valence electrons. The summed E-state index contributed by atoms with van der Waals surface area (Å²) in [5.74, 6) is 0.679. The molecule has 2 aromatic carbocycles. The van der Waals surface area contributed by atoms with Gasteiger partial charge in [0.05, 0.1) is 10.8 Å². The number of sulfonamides is 1. The van der Waals surface area contributed by atoms with E-state index in [4.69, 9.17) is 4.74 Å². The third-order valence-electron chi connectivity index (χ3n) is 5.16. The van der Waals surface area contributed by atoms with Gasteiger partial charge in [-0.05, 0) is 30.2 Å². The van der Waals surface area contributed by atoms with Crippen molar-refractivity contribution in [2.45, 2.75) is 11.3 Å². The number of carbonyl (C=O) groups excluding carboxylic acids is 1. The maximum Gasteiger partial charge on any atom is 0.243 e. The van der Waals surface area contributed by atoms with Gasteiger partial charge in [0.2, 0.25) is 15.9 Å². The van der Waals surface area contributed by atoms with Crippen molar-refractivity contribution in [3.05, 3.63) is 60.2 Å². The van der Waals surface area contributed by atoms with E-state index < -0.39 is 10.0 Å². The monoisotopic (exact) mass is 386 g/mol. The van der Waals surface area contributed by atoms with Crippen LogP contribution in [0.25, 0.3) is 0 Å². The largest absolute Gasteiger partial charge is 0.492 e. The fourth-order valence-corrected chi connectivity index (χ4v) is 5.08. The van der Waals surface area contributed by atoms with Crippen LogP contribution in [0.5, 0.6) is 5.75 Å². The molecule has 4 rings (SSSR count). The number of hydrogen-bond donors (Lipinski definition) is 0. The van der Waals surface area contributed by atoms with Gasteiger partial charge in [-0.1, -0.05) is 36.4 Å². The van der Waals surface area contributed by atoms with Gasteiger partial charge in [0.15, 0.2) is 0 Å². The van der Waals surface area contributed by atoms with E-state index in [1.807, 2.05) is 24.3 Å². The van der Waals surface area contributed by atoms with Gasteiger partial charge in [0, 0.05) is 26.2 Å². The lowest BCUT2D eigenvalue weighted by atomic mass is 9.95. The minimum Gasteiger partial charge on any atom is -0.492 e. The lowest BCUT2D eigenvalue weighted by Crippen LogP contribution is -2.52. The summed E-state index contributed by atoms with van der Waals surface area (Å²) in [6, 6.07) is 16.2. The van der Waals surface area contributed by atoms with Crippen LogP contribution in [0, 0.1) is 5.92 Å². The Labute approximate surface area is 159 Å². The topological polar surface area (TPSA) is 66.9 Å². The van der Waals surface area contributed by atoms with E-state index in [2.05, 4.69) is 0 Å². The molecule has 0 aromatic heterocycles. The molecule has 7 heteroatoms. The number of benzene rings is 2. The second-order valence-corrected chi connectivity index (χ2v) is 8.80. The Morgan fingerprint density at radius 3 is 2.33 bits per heavy atom. The Morgan fingerprint density at radius 1 is 0.926 bits per heavy atom. The highest BCUT2D eigenvalue weighted by atomic mass is 32.2. The number of carbonyl (C=O) groups is 1. The normalized spacial score (nSPS) is 20.6. The molecule has 0 bridgehead atoms. The van der Waals surface area contributed by atoms with Crippen LogP contribution in [0.4, 0.5) is 0 Å². The lowest BCUT2D eigenvalue weighted by molar-refractivity contribution is -0.138. The molecular weight excluding hydrogens is 364 g/mol. The van der Waals surface area contributed by atoms with Crippen LogP contribution in [0.3, 0.4) is 0 Å². The first-order chi connectivity index (χ1) is 13.1. The molecule has 2 aliphatic rings. The highest BCUT2D eigenvalue weighted by Gasteiger charge is 2.34. The molecule has 1 fully saturated rings. The molecular formula is C20H22N2O4S. The maximum atomic E-state index is 12.9. The first kappa shape index (κ1) is 18.0. The summed E-state index contributed by atoms with van der Waals surface area (Å²) in [4.78, 5) is 14.9. The van der Waals surface area contributed by atoms with Crippen LogP contribution in [0.1, 0.15) is 5.56 Å². The number of piperazine rings is 1. The zero-order valence-corrected chi connectivity index (χ0v) is 15.8. The molecule has 27 heavy (non-hydrogen) atoms. The minimum atomic E-state index is -3.51. The summed E-state index contributed by atoms with van der Waals surface area (Å²) in [7, 11) is -3.51. The van der Waals surface area contributed by atoms with E-state index in [9.17, 15) is 13.2 Å². The van der Waals surface area contributed by atoms with Crippen LogP contribution in [0.2, 0.25) is 0 Å². The second kappa shape index (κ2) is 7.32. The highest BCUT2D eigenvalue weighted by molar-refractivity contribution is 7.89. The van der Waals surface area contributed by atoms with Crippen molar-refractivity contribution in [1.29, 1.82) is 0 Å². The standard InChI is InChI=1S/C20H22N2O4S/c23-20(17-14-16-6-4-5-9-19(16)26-15-17)21-10-12-22(13-11-21)27(24,25)18-7-2-1-3-8-18/h1-9,17H,10-15H2. The SMILES string of the molecule is O=C(C1COc2ccccc2C1)N1CCN(S(=O)(=O)c2ccccc2)CC1. The predicted molar refractivity (Wildman–Crippen MR) is 101 cm³/mol. The van der Waals surface area contributed by atoms with Crippen LogP contribution < -0.4 is 4.74 Å². The molecule has 2 heterocycles. The van der Waals surface area contributed by atoms with Gasteiger partial charge in [0.1, 0.15) is 12.4 Å². The molecule has 0 saturated carbocycles. The van der Waals surface area contributed by atoms with E-state index in [0.29, 0.717) is 44.1 Å². The molecule has 1 atom stereocenters. The molecule has 0 spiro atoms. The molecule has 6 nitrogen and oxygen atoms in total. The molecule has 1 unspecified atom stereocenters.